The van der Waals surface area contributed by atoms with Crippen molar-refractivity contribution in [3.05, 3.63) is 0 Å². The van der Waals surface area contributed by atoms with Crippen LogP contribution in [0, 0.1) is 23.7 Å². The minimum atomic E-state index is -4.97. The number of phosphoric ester groups is 2. The Kier molecular flexibility index (Phi) is 73.4. The van der Waals surface area contributed by atoms with Gasteiger partial charge in [0.1, 0.15) is 19.3 Å². The normalized spacial score (nSPS) is 13.9. The monoisotopic (exact) mass is 1540 g/mol. The van der Waals surface area contributed by atoms with Gasteiger partial charge in [-0.25, -0.2) is 9.13 Å². The number of carbonyl (C=O) groups excluding carboxylic acids is 4. The highest BCUT2D eigenvalue weighted by atomic mass is 31.2. The Morgan fingerprint density at radius 1 is 0.238 bits per heavy atom. The smallest absolute Gasteiger partial charge is 0.462 e. The first-order valence-corrected chi connectivity index (χ1v) is 47.2. The van der Waals surface area contributed by atoms with Gasteiger partial charge in [-0.1, -0.05) is 396 Å². The summed E-state index contributed by atoms with van der Waals surface area (Å²) in [6.07, 6.45) is 64.0. The average Bonchev–Trinajstić information content (AvgIpc) is 0.936. The van der Waals surface area contributed by atoms with Crippen LogP contribution in [0.25, 0.3) is 0 Å². The molecule has 5 atom stereocenters. The molecule has 0 aliphatic rings. The van der Waals surface area contributed by atoms with E-state index < -0.39 is 97.5 Å². The molecule has 19 heteroatoms. The number of carbonyl (C=O) groups is 4. The van der Waals surface area contributed by atoms with E-state index >= 15 is 0 Å². The fraction of sp³-hybridized carbons (Fsp3) is 0.953. The van der Waals surface area contributed by atoms with Crippen LogP contribution >= 0.6 is 15.6 Å². The Morgan fingerprint density at radius 3 is 0.590 bits per heavy atom. The number of aliphatic hydroxyl groups is 1. The maximum absolute atomic E-state index is 13.1. The van der Waals surface area contributed by atoms with Crippen molar-refractivity contribution < 1.29 is 80.2 Å². The number of esters is 4. The van der Waals surface area contributed by atoms with Crippen LogP contribution in [0.2, 0.25) is 0 Å². The van der Waals surface area contributed by atoms with Crippen molar-refractivity contribution in [2.24, 2.45) is 23.7 Å². The number of hydrogen-bond donors (Lipinski definition) is 3. The van der Waals surface area contributed by atoms with Crippen LogP contribution in [-0.4, -0.2) is 96.7 Å². The van der Waals surface area contributed by atoms with E-state index in [0.29, 0.717) is 31.6 Å². The van der Waals surface area contributed by atoms with Gasteiger partial charge in [-0.15, -0.1) is 0 Å². The molecule has 0 saturated heterocycles. The Balaban J connectivity index is 5.21. The lowest BCUT2D eigenvalue weighted by molar-refractivity contribution is -0.161. The zero-order chi connectivity index (χ0) is 77.4. The summed E-state index contributed by atoms with van der Waals surface area (Å²) in [4.78, 5) is 73.2. The van der Waals surface area contributed by atoms with Gasteiger partial charge in [0.15, 0.2) is 12.2 Å². The molecule has 0 aromatic carbocycles. The molecule has 0 aromatic rings. The van der Waals surface area contributed by atoms with E-state index in [2.05, 4.69) is 55.4 Å². The summed E-state index contributed by atoms with van der Waals surface area (Å²) in [5, 5.41) is 10.7. The summed E-state index contributed by atoms with van der Waals surface area (Å²) < 4.78 is 68.9. The lowest BCUT2D eigenvalue weighted by Gasteiger charge is -2.21. The molecule has 0 fully saturated rings. The van der Waals surface area contributed by atoms with E-state index in [4.69, 9.17) is 37.0 Å². The second kappa shape index (κ2) is 74.8. The van der Waals surface area contributed by atoms with Crippen molar-refractivity contribution in [1.29, 1.82) is 0 Å². The maximum atomic E-state index is 13.1. The molecule has 105 heavy (non-hydrogen) atoms. The molecule has 0 bridgehead atoms. The molecule has 0 aliphatic heterocycles. The van der Waals surface area contributed by atoms with Crippen molar-refractivity contribution in [2.75, 3.05) is 39.6 Å². The third kappa shape index (κ3) is 79.9. The average molecular weight is 1540 g/mol. The van der Waals surface area contributed by atoms with E-state index in [1.54, 1.807) is 0 Å². The summed E-state index contributed by atoms with van der Waals surface area (Å²) in [7, 11) is -9.93. The predicted octanol–water partition coefficient (Wildman–Crippen LogP) is 25.9. The van der Waals surface area contributed by atoms with Gasteiger partial charge < -0.3 is 33.8 Å². The maximum Gasteiger partial charge on any atom is 0.472 e. The predicted molar refractivity (Wildman–Crippen MR) is 432 cm³/mol. The second-order valence-corrected chi connectivity index (χ2v) is 35.7. The van der Waals surface area contributed by atoms with Crippen molar-refractivity contribution in [3.8, 4) is 0 Å². The van der Waals surface area contributed by atoms with Crippen LogP contribution in [0.3, 0.4) is 0 Å². The minimum absolute atomic E-state index is 0.107. The third-order valence-electron chi connectivity index (χ3n) is 20.1. The summed E-state index contributed by atoms with van der Waals surface area (Å²) >= 11 is 0. The number of aliphatic hydroxyl groups excluding tert-OH is 1. The number of unbranched alkanes of at least 4 members (excludes halogenated alkanes) is 49. The van der Waals surface area contributed by atoms with Crippen LogP contribution in [0.1, 0.15) is 447 Å². The molecule has 0 radical (unpaired) electrons. The zero-order valence-electron chi connectivity index (χ0n) is 69.4. The topological polar surface area (TPSA) is 237 Å². The molecule has 0 saturated carbocycles. The largest absolute Gasteiger partial charge is 0.472 e. The Labute approximate surface area is 645 Å². The van der Waals surface area contributed by atoms with E-state index in [-0.39, 0.29) is 25.7 Å². The van der Waals surface area contributed by atoms with E-state index in [9.17, 15) is 43.2 Å². The van der Waals surface area contributed by atoms with Crippen molar-refractivity contribution in [1.82, 2.24) is 0 Å². The molecule has 624 valence electrons. The molecule has 0 amide bonds. The summed E-state index contributed by atoms with van der Waals surface area (Å²) in [6.45, 7) is 14.3. The Hall–Kier alpha value is -1.94. The first-order valence-electron chi connectivity index (χ1n) is 44.2. The standard InChI is InChI=1S/C86H168O17P2/c1-76(2)62-54-46-38-31-25-19-15-11-9-10-12-17-21-29-35-43-52-60-69-86(91)103-82(73-97-84(89)67-59-51-45-37-41-49-57-65-79(7)8)75-101-105(94,95)99-71-80(87)70-98-104(92,93)100-74-81(72-96-83(88)66-58-50-42-34-28-24-23-27-33-40-48-56-64-78(5)6)102-85(90)68-61-53-44-36-30-22-18-14-13-16-20-26-32-39-47-55-63-77(3)4/h76-82,87H,9-75H2,1-8H3,(H,92,93)(H,94,95)/t80?,81-,82-/m1/s1. The zero-order valence-corrected chi connectivity index (χ0v) is 71.2. The van der Waals surface area contributed by atoms with Gasteiger partial charge in [0, 0.05) is 25.7 Å². The highest BCUT2D eigenvalue weighted by molar-refractivity contribution is 7.47. The molecule has 3 unspecified atom stereocenters. The quantitative estimate of drug-likeness (QED) is 0.0222. The van der Waals surface area contributed by atoms with Gasteiger partial charge >= 0.3 is 39.5 Å². The van der Waals surface area contributed by atoms with Crippen LogP contribution < -0.4 is 0 Å². The highest BCUT2D eigenvalue weighted by Gasteiger charge is 2.30. The summed E-state index contributed by atoms with van der Waals surface area (Å²) in [5.74, 6) is 1.01. The highest BCUT2D eigenvalue weighted by Crippen LogP contribution is 2.45. The first kappa shape index (κ1) is 103. The van der Waals surface area contributed by atoms with E-state index in [1.165, 1.54) is 244 Å². The number of ether oxygens (including phenoxy) is 4. The lowest BCUT2D eigenvalue weighted by atomic mass is 10.0. The van der Waals surface area contributed by atoms with E-state index in [1.807, 2.05) is 0 Å². The summed E-state index contributed by atoms with van der Waals surface area (Å²) in [6, 6.07) is 0. The molecule has 3 N–H and O–H groups in total. The minimum Gasteiger partial charge on any atom is -0.462 e. The van der Waals surface area contributed by atoms with Gasteiger partial charge in [0.25, 0.3) is 0 Å². The van der Waals surface area contributed by atoms with Gasteiger partial charge in [-0.05, 0) is 49.4 Å². The van der Waals surface area contributed by atoms with Crippen LogP contribution in [0.4, 0.5) is 0 Å². The SMILES string of the molecule is CC(C)CCCCCCCCCCCCCCCCCCCCC(=O)O[C@H](COC(=O)CCCCCCCCCC(C)C)COP(=O)(O)OCC(O)COP(=O)(O)OC[C@@H](COC(=O)CCCCCCCCCCCCCCC(C)C)OC(=O)CCCCCCCCCCCCCCCCCCC(C)C. The van der Waals surface area contributed by atoms with E-state index in [0.717, 1.165) is 114 Å². The molecule has 0 aromatic heterocycles. The van der Waals surface area contributed by atoms with Gasteiger partial charge in [0.05, 0.1) is 26.4 Å². The Morgan fingerprint density at radius 2 is 0.400 bits per heavy atom. The van der Waals surface area contributed by atoms with Crippen LogP contribution in [0.15, 0.2) is 0 Å². The molecule has 0 rings (SSSR count). The molecule has 0 spiro atoms. The van der Waals surface area contributed by atoms with Crippen molar-refractivity contribution in [2.45, 2.75) is 465 Å². The van der Waals surface area contributed by atoms with Gasteiger partial charge in [0.2, 0.25) is 0 Å². The molecule has 0 heterocycles. The third-order valence-corrected chi connectivity index (χ3v) is 22.0. The van der Waals surface area contributed by atoms with Crippen LogP contribution in [0.5, 0.6) is 0 Å². The van der Waals surface area contributed by atoms with Crippen molar-refractivity contribution >= 4 is 39.5 Å². The molecular weight excluding hydrogens is 1370 g/mol. The number of hydrogen-bond acceptors (Lipinski definition) is 15. The second-order valence-electron chi connectivity index (χ2n) is 32.8. The first-order chi connectivity index (χ1) is 50.6. The Bertz CT molecular complexity index is 2040. The van der Waals surface area contributed by atoms with Gasteiger partial charge in [-0.3, -0.25) is 37.3 Å². The molecular formula is C86H168O17P2. The lowest BCUT2D eigenvalue weighted by Crippen LogP contribution is -2.30. The number of phosphoric acid groups is 2. The van der Waals surface area contributed by atoms with Crippen molar-refractivity contribution in [3.63, 3.8) is 0 Å². The van der Waals surface area contributed by atoms with Crippen LogP contribution in [-0.2, 0) is 65.4 Å². The molecule has 0 aliphatic carbocycles. The molecule has 17 nitrogen and oxygen atoms in total. The fourth-order valence-corrected chi connectivity index (χ4v) is 14.9. The fourth-order valence-electron chi connectivity index (χ4n) is 13.3. The van der Waals surface area contributed by atoms with Gasteiger partial charge in [-0.2, -0.15) is 0 Å². The summed E-state index contributed by atoms with van der Waals surface area (Å²) in [5.41, 5.74) is 0. The number of rotatable bonds is 83.